The van der Waals surface area contributed by atoms with E-state index in [1.54, 1.807) is 31.2 Å². The Morgan fingerprint density at radius 3 is 2.85 bits per heavy atom. The molecule has 1 heterocycles. The molecule has 0 fully saturated rings. The van der Waals surface area contributed by atoms with E-state index in [9.17, 15) is 4.79 Å². The number of aromatic nitrogens is 2. The van der Waals surface area contributed by atoms with Crippen LogP contribution in [0.5, 0.6) is 5.75 Å². The number of hydrogen-bond donors (Lipinski definition) is 1. The van der Waals surface area contributed by atoms with Crippen LogP contribution in [0.4, 0.5) is 5.13 Å². The van der Waals surface area contributed by atoms with Crippen molar-refractivity contribution < 1.29 is 9.53 Å². The molecule has 0 aliphatic carbocycles. The number of nitrogens with one attached hydrogen (secondary N) is 1. The van der Waals surface area contributed by atoms with Gasteiger partial charge in [-0.05, 0) is 25.5 Å². The number of halogens is 1. The fourth-order valence-corrected chi connectivity index (χ4v) is 2.30. The van der Waals surface area contributed by atoms with Crippen LogP contribution in [-0.4, -0.2) is 22.2 Å². The van der Waals surface area contributed by atoms with E-state index in [1.807, 2.05) is 6.92 Å². The molecule has 0 saturated carbocycles. The second kappa shape index (κ2) is 6.67. The Labute approximate surface area is 125 Å². The highest BCUT2D eigenvalue weighted by molar-refractivity contribution is 7.15. The van der Waals surface area contributed by atoms with Crippen LogP contribution in [0.25, 0.3) is 0 Å². The van der Waals surface area contributed by atoms with E-state index in [1.165, 1.54) is 11.3 Å². The fourth-order valence-electron chi connectivity index (χ4n) is 1.44. The van der Waals surface area contributed by atoms with Crippen LogP contribution < -0.4 is 10.1 Å². The molecule has 0 spiro atoms. The predicted molar refractivity (Wildman–Crippen MR) is 79.5 cm³/mol. The Kier molecular flexibility index (Phi) is 4.92. The van der Waals surface area contributed by atoms with Crippen molar-refractivity contribution in [3.8, 4) is 5.75 Å². The molecule has 1 aromatic heterocycles. The van der Waals surface area contributed by atoms with Gasteiger partial charge in [0.25, 0.3) is 5.91 Å². The molecule has 1 aromatic carbocycles. The first-order valence-electron chi connectivity index (χ1n) is 6.14. The summed E-state index contributed by atoms with van der Waals surface area (Å²) in [5.41, 5.74) is 0. The number of hydrogen-bond acceptors (Lipinski definition) is 5. The Morgan fingerprint density at radius 2 is 2.20 bits per heavy atom. The largest absolute Gasteiger partial charge is 0.479 e. The number of ether oxygens (including phenoxy) is 1. The highest BCUT2D eigenvalue weighted by Crippen LogP contribution is 2.24. The minimum Gasteiger partial charge on any atom is -0.479 e. The van der Waals surface area contributed by atoms with Gasteiger partial charge in [-0.3, -0.25) is 10.1 Å². The van der Waals surface area contributed by atoms with Crippen molar-refractivity contribution >= 4 is 34.0 Å². The van der Waals surface area contributed by atoms with Crippen LogP contribution in [-0.2, 0) is 11.2 Å². The lowest BCUT2D eigenvalue weighted by Gasteiger charge is -2.14. The van der Waals surface area contributed by atoms with E-state index >= 15 is 0 Å². The van der Waals surface area contributed by atoms with Gasteiger partial charge in [0.2, 0.25) is 5.13 Å². The number of anilines is 1. The summed E-state index contributed by atoms with van der Waals surface area (Å²) in [5, 5.41) is 12.3. The SMILES string of the molecule is CCc1nnc(NC(=O)[C@H](C)Oc2ccccc2Cl)s1. The van der Waals surface area contributed by atoms with Crippen molar-refractivity contribution in [1.82, 2.24) is 10.2 Å². The maximum Gasteiger partial charge on any atom is 0.266 e. The van der Waals surface area contributed by atoms with E-state index in [0.717, 1.165) is 11.4 Å². The maximum atomic E-state index is 12.0. The van der Waals surface area contributed by atoms with Crippen LogP contribution >= 0.6 is 22.9 Å². The first kappa shape index (κ1) is 14.7. The fraction of sp³-hybridized carbons (Fsp3) is 0.308. The molecule has 7 heteroatoms. The zero-order chi connectivity index (χ0) is 14.5. The van der Waals surface area contributed by atoms with E-state index in [4.69, 9.17) is 16.3 Å². The molecule has 0 aliphatic rings. The van der Waals surface area contributed by atoms with Gasteiger partial charge < -0.3 is 4.74 Å². The third-order valence-electron chi connectivity index (χ3n) is 2.51. The van der Waals surface area contributed by atoms with Crippen LogP contribution in [0, 0.1) is 0 Å². The molecule has 0 radical (unpaired) electrons. The lowest BCUT2D eigenvalue weighted by molar-refractivity contribution is -0.122. The topological polar surface area (TPSA) is 64.1 Å². The Hall–Kier alpha value is -1.66. The molecular formula is C13H14ClN3O2S. The molecule has 5 nitrogen and oxygen atoms in total. The smallest absolute Gasteiger partial charge is 0.266 e. The van der Waals surface area contributed by atoms with Crippen molar-refractivity contribution in [1.29, 1.82) is 0 Å². The minimum atomic E-state index is -0.677. The summed E-state index contributed by atoms with van der Waals surface area (Å²) in [5.74, 6) is 0.187. The molecule has 0 bridgehead atoms. The molecule has 0 unspecified atom stereocenters. The van der Waals surface area contributed by atoms with E-state index in [0.29, 0.717) is 15.9 Å². The number of benzene rings is 1. The zero-order valence-corrected chi connectivity index (χ0v) is 12.7. The van der Waals surface area contributed by atoms with Crippen LogP contribution in [0.3, 0.4) is 0 Å². The van der Waals surface area contributed by atoms with Gasteiger partial charge >= 0.3 is 0 Å². The molecule has 106 valence electrons. The lowest BCUT2D eigenvalue weighted by Crippen LogP contribution is -2.30. The third kappa shape index (κ3) is 3.68. The first-order valence-corrected chi connectivity index (χ1v) is 7.34. The van der Waals surface area contributed by atoms with Crippen LogP contribution in [0.1, 0.15) is 18.9 Å². The summed E-state index contributed by atoms with van der Waals surface area (Å²) in [6.45, 7) is 3.63. The van der Waals surface area contributed by atoms with Gasteiger partial charge in [-0.15, -0.1) is 10.2 Å². The molecular weight excluding hydrogens is 298 g/mol. The molecule has 1 atom stereocenters. The van der Waals surface area contributed by atoms with E-state index in [-0.39, 0.29) is 5.91 Å². The highest BCUT2D eigenvalue weighted by Gasteiger charge is 2.17. The van der Waals surface area contributed by atoms with Gasteiger partial charge in [-0.25, -0.2) is 0 Å². The molecule has 2 rings (SSSR count). The normalized spacial score (nSPS) is 11.9. The Balaban J connectivity index is 1.97. The zero-order valence-electron chi connectivity index (χ0n) is 11.1. The number of amides is 1. The minimum absolute atomic E-state index is 0.288. The van der Waals surface area contributed by atoms with Gasteiger partial charge in [0.05, 0.1) is 5.02 Å². The maximum absolute atomic E-state index is 12.0. The molecule has 2 aromatic rings. The number of rotatable bonds is 5. The average molecular weight is 312 g/mol. The standard InChI is InChI=1S/C13H14ClN3O2S/c1-3-11-16-17-13(20-11)15-12(18)8(2)19-10-7-5-4-6-9(10)14/h4-8H,3H2,1-2H3,(H,15,17,18)/t8-/m0/s1. The van der Waals surface area contributed by atoms with Crippen molar-refractivity contribution in [3.63, 3.8) is 0 Å². The van der Waals surface area contributed by atoms with E-state index in [2.05, 4.69) is 15.5 Å². The van der Waals surface area contributed by atoms with Crippen LogP contribution in [0.2, 0.25) is 5.02 Å². The number of carbonyl (C=O) groups is 1. The van der Waals surface area contributed by atoms with Crippen molar-refractivity contribution in [2.75, 3.05) is 5.32 Å². The van der Waals surface area contributed by atoms with Gasteiger partial charge in [0, 0.05) is 0 Å². The van der Waals surface area contributed by atoms with Crippen molar-refractivity contribution in [3.05, 3.63) is 34.3 Å². The van der Waals surface area contributed by atoms with Crippen molar-refractivity contribution in [2.45, 2.75) is 26.4 Å². The highest BCUT2D eigenvalue weighted by atomic mass is 35.5. The van der Waals surface area contributed by atoms with Crippen LogP contribution in [0.15, 0.2) is 24.3 Å². The lowest BCUT2D eigenvalue weighted by atomic mass is 10.3. The van der Waals surface area contributed by atoms with Crippen molar-refractivity contribution in [2.24, 2.45) is 0 Å². The number of nitrogens with zero attached hydrogens (tertiary/aromatic N) is 2. The summed E-state index contributed by atoms with van der Waals surface area (Å²) >= 11 is 7.33. The number of para-hydroxylation sites is 1. The Bertz CT molecular complexity index is 603. The van der Waals surface area contributed by atoms with Gasteiger partial charge in [-0.2, -0.15) is 0 Å². The quantitative estimate of drug-likeness (QED) is 0.921. The molecule has 0 aliphatic heterocycles. The summed E-state index contributed by atoms with van der Waals surface area (Å²) in [7, 11) is 0. The summed E-state index contributed by atoms with van der Waals surface area (Å²) < 4.78 is 5.52. The summed E-state index contributed by atoms with van der Waals surface area (Å²) in [6, 6.07) is 7.02. The summed E-state index contributed by atoms with van der Waals surface area (Å²) in [4.78, 5) is 12.0. The first-order chi connectivity index (χ1) is 9.60. The molecule has 1 amide bonds. The van der Waals surface area contributed by atoms with Gasteiger partial charge in [0.1, 0.15) is 10.8 Å². The number of carbonyl (C=O) groups excluding carboxylic acids is 1. The number of aryl methyl sites for hydroxylation is 1. The third-order valence-corrected chi connectivity index (χ3v) is 3.80. The van der Waals surface area contributed by atoms with E-state index < -0.39 is 6.10 Å². The second-order valence-corrected chi connectivity index (χ2v) is 5.50. The predicted octanol–water partition coefficient (Wildman–Crippen LogP) is 3.16. The second-order valence-electron chi connectivity index (χ2n) is 4.03. The monoisotopic (exact) mass is 311 g/mol. The molecule has 0 saturated heterocycles. The molecule has 1 N–H and O–H groups in total. The Morgan fingerprint density at radius 1 is 1.45 bits per heavy atom. The summed E-state index contributed by atoms with van der Waals surface area (Å²) in [6.07, 6.45) is 0.114. The molecule has 20 heavy (non-hydrogen) atoms. The van der Waals surface area contributed by atoms with Gasteiger partial charge in [0.15, 0.2) is 6.10 Å². The van der Waals surface area contributed by atoms with Gasteiger partial charge in [-0.1, -0.05) is 42.0 Å². The average Bonchev–Trinajstić information content (AvgIpc) is 2.89.